The Morgan fingerprint density at radius 2 is 1.95 bits per heavy atom. The summed E-state index contributed by atoms with van der Waals surface area (Å²) in [7, 11) is 0. The number of carboxylic acid groups (broad SMARTS) is 1. The second kappa shape index (κ2) is 6.52. The fourth-order valence-electron chi connectivity index (χ4n) is 1.62. The van der Waals surface area contributed by atoms with Gasteiger partial charge in [-0.05, 0) is 29.3 Å². The molecule has 0 aromatic heterocycles. The predicted octanol–water partition coefficient (Wildman–Crippen LogP) is 3.50. The summed E-state index contributed by atoms with van der Waals surface area (Å²) in [6, 6.07) is 13.2. The van der Waals surface area contributed by atoms with Crippen LogP contribution in [0.25, 0.3) is 6.08 Å². The maximum Gasteiger partial charge on any atom is 0.328 e. The standard InChI is InChI=1S/C16H13FO3/c17-14-2-1-3-15(10-14)20-11-13-6-4-12(5-7-13)8-9-16(18)19/h1-10H,11H2,(H,18,19). The van der Waals surface area contributed by atoms with Crippen LogP contribution in [-0.4, -0.2) is 11.1 Å². The van der Waals surface area contributed by atoms with Crippen LogP contribution in [0.3, 0.4) is 0 Å². The van der Waals surface area contributed by atoms with E-state index in [1.807, 2.05) is 12.1 Å². The molecule has 1 N–H and O–H groups in total. The maximum atomic E-state index is 13.0. The average Bonchev–Trinajstić information content (AvgIpc) is 2.44. The normalized spacial score (nSPS) is 10.7. The van der Waals surface area contributed by atoms with Crippen molar-refractivity contribution in [1.29, 1.82) is 0 Å². The van der Waals surface area contributed by atoms with Gasteiger partial charge in [0.05, 0.1) is 0 Å². The van der Waals surface area contributed by atoms with E-state index >= 15 is 0 Å². The van der Waals surface area contributed by atoms with E-state index < -0.39 is 5.97 Å². The number of halogens is 1. The Kier molecular flexibility index (Phi) is 4.50. The summed E-state index contributed by atoms with van der Waals surface area (Å²) in [5.74, 6) is -0.847. The van der Waals surface area contributed by atoms with Gasteiger partial charge in [-0.3, -0.25) is 0 Å². The summed E-state index contributed by atoms with van der Waals surface area (Å²) < 4.78 is 18.4. The summed E-state index contributed by atoms with van der Waals surface area (Å²) in [5.41, 5.74) is 1.71. The number of hydrogen-bond donors (Lipinski definition) is 1. The molecule has 0 aliphatic rings. The Hall–Kier alpha value is -2.62. The van der Waals surface area contributed by atoms with Gasteiger partial charge in [0.25, 0.3) is 0 Å². The molecule has 0 unspecified atom stereocenters. The molecule has 0 amide bonds. The molecule has 0 aliphatic heterocycles. The van der Waals surface area contributed by atoms with Crippen molar-refractivity contribution in [3.05, 3.63) is 71.6 Å². The van der Waals surface area contributed by atoms with Crippen molar-refractivity contribution in [2.24, 2.45) is 0 Å². The molecule has 0 saturated carbocycles. The minimum atomic E-state index is -0.983. The minimum Gasteiger partial charge on any atom is -0.489 e. The Bertz CT molecular complexity index is 618. The highest BCUT2D eigenvalue weighted by molar-refractivity contribution is 5.85. The van der Waals surface area contributed by atoms with Gasteiger partial charge < -0.3 is 9.84 Å². The zero-order valence-corrected chi connectivity index (χ0v) is 10.6. The second-order valence-electron chi connectivity index (χ2n) is 4.16. The smallest absolute Gasteiger partial charge is 0.328 e. The highest BCUT2D eigenvalue weighted by Gasteiger charge is 1.98. The summed E-state index contributed by atoms with van der Waals surface area (Å²) in [4.78, 5) is 10.4. The lowest BCUT2D eigenvalue weighted by Gasteiger charge is -2.06. The molecule has 2 rings (SSSR count). The van der Waals surface area contributed by atoms with E-state index in [2.05, 4.69) is 0 Å². The molecule has 0 radical (unpaired) electrons. The number of aliphatic carboxylic acids is 1. The Morgan fingerprint density at radius 1 is 1.20 bits per heavy atom. The molecular formula is C16H13FO3. The van der Waals surface area contributed by atoms with Crippen molar-refractivity contribution >= 4 is 12.0 Å². The SMILES string of the molecule is O=C(O)C=Cc1ccc(COc2cccc(F)c2)cc1. The molecule has 0 spiro atoms. The van der Waals surface area contributed by atoms with Crippen LogP contribution in [0.5, 0.6) is 5.75 Å². The lowest BCUT2D eigenvalue weighted by atomic mass is 10.1. The number of rotatable bonds is 5. The highest BCUT2D eigenvalue weighted by Crippen LogP contribution is 2.14. The topological polar surface area (TPSA) is 46.5 Å². The van der Waals surface area contributed by atoms with E-state index in [1.165, 1.54) is 18.2 Å². The van der Waals surface area contributed by atoms with Gasteiger partial charge in [0.2, 0.25) is 0 Å². The van der Waals surface area contributed by atoms with Crippen molar-refractivity contribution in [3.8, 4) is 5.75 Å². The van der Waals surface area contributed by atoms with Crippen molar-refractivity contribution in [2.75, 3.05) is 0 Å². The van der Waals surface area contributed by atoms with E-state index in [0.717, 1.165) is 17.2 Å². The summed E-state index contributed by atoms with van der Waals surface area (Å²) in [5, 5.41) is 8.52. The molecule has 3 nitrogen and oxygen atoms in total. The quantitative estimate of drug-likeness (QED) is 0.847. The molecule has 2 aromatic carbocycles. The minimum absolute atomic E-state index is 0.326. The molecule has 0 aliphatic carbocycles. The van der Waals surface area contributed by atoms with Gasteiger partial charge in [-0.15, -0.1) is 0 Å². The van der Waals surface area contributed by atoms with Crippen LogP contribution in [0, 0.1) is 5.82 Å². The van der Waals surface area contributed by atoms with Crippen molar-refractivity contribution < 1.29 is 19.0 Å². The Morgan fingerprint density at radius 3 is 2.60 bits per heavy atom. The highest BCUT2D eigenvalue weighted by atomic mass is 19.1. The fraction of sp³-hybridized carbons (Fsp3) is 0.0625. The van der Waals surface area contributed by atoms with Crippen LogP contribution in [0.4, 0.5) is 4.39 Å². The third kappa shape index (κ3) is 4.24. The van der Waals surface area contributed by atoms with Gasteiger partial charge in [-0.2, -0.15) is 0 Å². The first-order chi connectivity index (χ1) is 9.63. The monoisotopic (exact) mass is 272 g/mol. The van der Waals surface area contributed by atoms with E-state index in [-0.39, 0.29) is 5.82 Å². The number of ether oxygens (including phenoxy) is 1. The fourth-order valence-corrected chi connectivity index (χ4v) is 1.62. The molecular weight excluding hydrogens is 259 g/mol. The van der Waals surface area contributed by atoms with Crippen LogP contribution in [0.1, 0.15) is 11.1 Å². The molecule has 0 atom stereocenters. The van der Waals surface area contributed by atoms with Gasteiger partial charge in [0, 0.05) is 12.1 Å². The van der Waals surface area contributed by atoms with Crippen molar-refractivity contribution in [1.82, 2.24) is 0 Å². The average molecular weight is 272 g/mol. The second-order valence-corrected chi connectivity index (χ2v) is 4.16. The molecule has 0 bridgehead atoms. The van der Waals surface area contributed by atoms with Crippen LogP contribution in [-0.2, 0) is 11.4 Å². The lowest BCUT2D eigenvalue weighted by Crippen LogP contribution is -1.95. The van der Waals surface area contributed by atoms with E-state index in [1.54, 1.807) is 24.3 Å². The van der Waals surface area contributed by atoms with Crippen molar-refractivity contribution in [2.45, 2.75) is 6.61 Å². The van der Waals surface area contributed by atoms with Crippen LogP contribution in [0.15, 0.2) is 54.6 Å². The van der Waals surface area contributed by atoms with Gasteiger partial charge in [0.1, 0.15) is 18.2 Å². The molecule has 0 saturated heterocycles. The van der Waals surface area contributed by atoms with Gasteiger partial charge in [-0.1, -0.05) is 30.3 Å². The number of hydrogen-bond acceptors (Lipinski definition) is 2. The number of carbonyl (C=O) groups is 1. The van der Waals surface area contributed by atoms with Gasteiger partial charge >= 0.3 is 5.97 Å². The third-order valence-corrected chi connectivity index (χ3v) is 2.60. The first-order valence-electron chi connectivity index (χ1n) is 6.02. The molecule has 102 valence electrons. The zero-order valence-electron chi connectivity index (χ0n) is 10.6. The zero-order chi connectivity index (χ0) is 14.4. The maximum absolute atomic E-state index is 13.0. The van der Waals surface area contributed by atoms with E-state index in [0.29, 0.717) is 12.4 Å². The first kappa shape index (κ1) is 13.8. The van der Waals surface area contributed by atoms with Crippen molar-refractivity contribution in [3.63, 3.8) is 0 Å². The van der Waals surface area contributed by atoms with Gasteiger partial charge in [-0.25, -0.2) is 9.18 Å². The summed E-state index contributed by atoms with van der Waals surface area (Å²) in [6.45, 7) is 0.326. The van der Waals surface area contributed by atoms with Crippen LogP contribution in [0.2, 0.25) is 0 Å². The lowest BCUT2D eigenvalue weighted by molar-refractivity contribution is -0.131. The van der Waals surface area contributed by atoms with Gasteiger partial charge in [0.15, 0.2) is 0 Å². The summed E-state index contributed by atoms with van der Waals surface area (Å²) in [6.07, 6.45) is 2.60. The summed E-state index contributed by atoms with van der Waals surface area (Å²) >= 11 is 0. The molecule has 20 heavy (non-hydrogen) atoms. The van der Waals surface area contributed by atoms with Crippen LogP contribution < -0.4 is 4.74 Å². The molecule has 0 heterocycles. The molecule has 2 aromatic rings. The number of benzene rings is 2. The Balaban J connectivity index is 1.95. The molecule has 4 heteroatoms. The Labute approximate surface area is 115 Å². The largest absolute Gasteiger partial charge is 0.489 e. The van der Waals surface area contributed by atoms with E-state index in [4.69, 9.17) is 9.84 Å². The molecule has 0 fully saturated rings. The first-order valence-corrected chi connectivity index (χ1v) is 6.02. The van der Waals surface area contributed by atoms with E-state index in [9.17, 15) is 9.18 Å². The predicted molar refractivity (Wildman–Crippen MR) is 73.8 cm³/mol. The number of carboxylic acids is 1. The van der Waals surface area contributed by atoms with Crippen LogP contribution >= 0.6 is 0 Å². The third-order valence-electron chi connectivity index (χ3n) is 2.60.